The van der Waals surface area contributed by atoms with Crippen LogP contribution in [0.1, 0.15) is 19.8 Å². The summed E-state index contributed by atoms with van der Waals surface area (Å²) in [5, 5.41) is 5.64. The van der Waals surface area contributed by atoms with Crippen molar-refractivity contribution in [2.45, 2.75) is 32.5 Å². The van der Waals surface area contributed by atoms with Crippen molar-refractivity contribution in [3.8, 4) is 0 Å². The Morgan fingerprint density at radius 3 is 2.79 bits per heavy atom. The SMILES string of the molecule is CCNC(=NCCCn1cnc2ccccc21)NCCC(F)(F)F. The molecule has 0 atom stereocenters. The number of fused-ring (bicyclic) bond motifs is 1. The molecular weight excluding hydrogens is 319 g/mol. The molecule has 0 radical (unpaired) electrons. The number of benzene rings is 1. The fourth-order valence-electron chi connectivity index (χ4n) is 2.28. The summed E-state index contributed by atoms with van der Waals surface area (Å²) in [7, 11) is 0. The molecule has 2 rings (SSSR count). The molecule has 1 heterocycles. The lowest BCUT2D eigenvalue weighted by atomic mass is 10.3. The number of alkyl halides is 3. The number of aromatic nitrogens is 2. The summed E-state index contributed by atoms with van der Waals surface area (Å²) < 4.78 is 38.6. The number of hydrogen-bond donors (Lipinski definition) is 2. The minimum atomic E-state index is -4.16. The zero-order valence-corrected chi connectivity index (χ0v) is 13.6. The van der Waals surface area contributed by atoms with Gasteiger partial charge >= 0.3 is 6.18 Å². The maximum Gasteiger partial charge on any atom is 0.390 e. The zero-order chi connectivity index (χ0) is 17.4. The molecule has 1 aromatic heterocycles. The molecule has 24 heavy (non-hydrogen) atoms. The highest BCUT2D eigenvalue weighted by molar-refractivity contribution is 5.79. The van der Waals surface area contributed by atoms with E-state index in [-0.39, 0.29) is 6.54 Å². The normalized spacial score (nSPS) is 12.6. The summed E-state index contributed by atoms with van der Waals surface area (Å²) in [4.78, 5) is 8.63. The van der Waals surface area contributed by atoms with Crippen LogP contribution in [0, 0.1) is 0 Å². The van der Waals surface area contributed by atoms with E-state index in [1.54, 1.807) is 6.33 Å². The molecule has 1 aromatic carbocycles. The summed E-state index contributed by atoms with van der Waals surface area (Å²) in [6.07, 6.45) is -2.47. The lowest BCUT2D eigenvalue weighted by Crippen LogP contribution is -2.39. The molecule has 132 valence electrons. The third-order valence-electron chi connectivity index (χ3n) is 3.40. The third kappa shape index (κ3) is 5.75. The van der Waals surface area contributed by atoms with Crippen LogP contribution in [0.5, 0.6) is 0 Å². The number of imidazole rings is 1. The first-order valence-electron chi connectivity index (χ1n) is 7.98. The predicted octanol–water partition coefficient (Wildman–Crippen LogP) is 2.93. The van der Waals surface area contributed by atoms with Gasteiger partial charge in [-0.2, -0.15) is 13.2 Å². The maximum atomic E-state index is 12.2. The second-order valence-electron chi connectivity index (χ2n) is 5.33. The lowest BCUT2D eigenvalue weighted by molar-refractivity contribution is -0.132. The Kier molecular flexibility index (Phi) is 6.45. The van der Waals surface area contributed by atoms with Gasteiger partial charge in [-0.05, 0) is 25.5 Å². The van der Waals surface area contributed by atoms with Crippen molar-refractivity contribution in [2.24, 2.45) is 4.99 Å². The van der Waals surface area contributed by atoms with Crippen molar-refractivity contribution < 1.29 is 13.2 Å². The van der Waals surface area contributed by atoms with Gasteiger partial charge in [0.15, 0.2) is 5.96 Å². The van der Waals surface area contributed by atoms with E-state index in [0.717, 1.165) is 24.0 Å². The molecule has 2 aromatic rings. The standard InChI is InChI=1S/C16H22F3N5/c1-2-20-15(22-10-8-16(17,18)19)21-9-5-11-24-12-23-13-6-3-4-7-14(13)24/h3-4,6-7,12H,2,5,8-11H2,1H3,(H2,20,21,22). The summed E-state index contributed by atoms with van der Waals surface area (Å²) in [5.41, 5.74) is 2.01. The first-order chi connectivity index (χ1) is 11.5. The molecule has 0 aliphatic carbocycles. The second-order valence-corrected chi connectivity index (χ2v) is 5.33. The highest BCUT2D eigenvalue weighted by Crippen LogP contribution is 2.18. The van der Waals surface area contributed by atoms with Gasteiger partial charge in [-0.1, -0.05) is 12.1 Å². The van der Waals surface area contributed by atoms with E-state index in [2.05, 4.69) is 25.2 Å². The van der Waals surface area contributed by atoms with Crippen LogP contribution in [0.4, 0.5) is 13.2 Å². The maximum absolute atomic E-state index is 12.2. The van der Waals surface area contributed by atoms with Crippen LogP contribution in [-0.2, 0) is 6.54 Å². The topological polar surface area (TPSA) is 54.2 Å². The molecule has 0 fully saturated rings. The molecule has 0 saturated carbocycles. The van der Waals surface area contributed by atoms with Crippen molar-refractivity contribution >= 4 is 17.0 Å². The molecular formula is C16H22F3N5. The van der Waals surface area contributed by atoms with Crippen LogP contribution in [-0.4, -0.2) is 41.3 Å². The number of halogens is 3. The van der Waals surface area contributed by atoms with Crippen LogP contribution >= 0.6 is 0 Å². The number of para-hydroxylation sites is 2. The van der Waals surface area contributed by atoms with Gasteiger partial charge in [0, 0.05) is 26.2 Å². The number of aliphatic imine (C=N–C) groups is 1. The zero-order valence-electron chi connectivity index (χ0n) is 13.6. The largest absolute Gasteiger partial charge is 0.390 e. The van der Waals surface area contributed by atoms with Crippen LogP contribution < -0.4 is 10.6 Å². The quantitative estimate of drug-likeness (QED) is 0.462. The van der Waals surface area contributed by atoms with Crippen LogP contribution in [0.25, 0.3) is 11.0 Å². The highest BCUT2D eigenvalue weighted by atomic mass is 19.4. The van der Waals surface area contributed by atoms with Gasteiger partial charge in [0.25, 0.3) is 0 Å². The second kappa shape index (κ2) is 8.56. The van der Waals surface area contributed by atoms with Crippen LogP contribution in [0.15, 0.2) is 35.6 Å². The minimum absolute atomic E-state index is 0.179. The van der Waals surface area contributed by atoms with Gasteiger partial charge in [0.05, 0.1) is 23.8 Å². The van der Waals surface area contributed by atoms with Gasteiger partial charge < -0.3 is 15.2 Å². The number of hydrogen-bond acceptors (Lipinski definition) is 2. The highest BCUT2D eigenvalue weighted by Gasteiger charge is 2.26. The first-order valence-corrected chi connectivity index (χ1v) is 7.98. The summed E-state index contributed by atoms with van der Waals surface area (Å²) in [6.45, 7) is 3.57. The van der Waals surface area contributed by atoms with Crippen LogP contribution in [0.3, 0.4) is 0 Å². The Labute approximate surface area is 139 Å². The molecule has 2 N–H and O–H groups in total. The molecule has 0 spiro atoms. The molecule has 5 nitrogen and oxygen atoms in total. The van der Waals surface area contributed by atoms with Crippen molar-refractivity contribution in [3.63, 3.8) is 0 Å². The Morgan fingerprint density at radius 1 is 1.25 bits per heavy atom. The lowest BCUT2D eigenvalue weighted by Gasteiger charge is -2.12. The number of nitrogens with one attached hydrogen (secondary N) is 2. The molecule has 0 amide bonds. The molecule has 0 aliphatic rings. The van der Waals surface area contributed by atoms with E-state index in [0.29, 0.717) is 19.0 Å². The molecule has 0 unspecified atom stereocenters. The molecule has 8 heteroatoms. The van der Waals surface area contributed by atoms with Crippen molar-refractivity contribution in [1.29, 1.82) is 0 Å². The van der Waals surface area contributed by atoms with Gasteiger partial charge in [-0.25, -0.2) is 4.98 Å². The molecule has 0 aliphatic heterocycles. The minimum Gasteiger partial charge on any atom is -0.357 e. The van der Waals surface area contributed by atoms with Crippen molar-refractivity contribution in [3.05, 3.63) is 30.6 Å². The van der Waals surface area contributed by atoms with E-state index in [9.17, 15) is 13.2 Å². The summed E-state index contributed by atoms with van der Waals surface area (Å²) in [5.74, 6) is 0.414. The van der Waals surface area contributed by atoms with E-state index >= 15 is 0 Å². The third-order valence-corrected chi connectivity index (χ3v) is 3.40. The number of aryl methyl sites for hydroxylation is 1. The summed E-state index contributed by atoms with van der Waals surface area (Å²) >= 11 is 0. The summed E-state index contributed by atoms with van der Waals surface area (Å²) in [6, 6.07) is 7.87. The average molecular weight is 341 g/mol. The van der Waals surface area contributed by atoms with Gasteiger partial charge in [-0.15, -0.1) is 0 Å². The smallest absolute Gasteiger partial charge is 0.357 e. The van der Waals surface area contributed by atoms with Gasteiger partial charge in [0.1, 0.15) is 0 Å². The van der Waals surface area contributed by atoms with E-state index in [1.165, 1.54) is 0 Å². The van der Waals surface area contributed by atoms with Crippen molar-refractivity contribution in [2.75, 3.05) is 19.6 Å². The predicted molar refractivity (Wildman–Crippen MR) is 89.0 cm³/mol. The molecule has 0 bridgehead atoms. The van der Waals surface area contributed by atoms with Gasteiger partial charge in [0.2, 0.25) is 0 Å². The van der Waals surface area contributed by atoms with E-state index in [4.69, 9.17) is 0 Å². The Balaban J connectivity index is 1.81. The Hall–Kier alpha value is -2.25. The van der Waals surface area contributed by atoms with Crippen molar-refractivity contribution in [1.82, 2.24) is 20.2 Å². The van der Waals surface area contributed by atoms with E-state index < -0.39 is 12.6 Å². The fraction of sp³-hybridized carbons (Fsp3) is 0.500. The Morgan fingerprint density at radius 2 is 2.04 bits per heavy atom. The number of guanidine groups is 1. The Bertz CT molecular complexity index is 663. The number of rotatable bonds is 7. The van der Waals surface area contributed by atoms with Crippen LogP contribution in [0.2, 0.25) is 0 Å². The van der Waals surface area contributed by atoms with E-state index in [1.807, 2.05) is 31.2 Å². The number of nitrogens with zero attached hydrogens (tertiary/aromatic N) is 3. The van der Waals surface area contributed by atoms with Gasteiger partial charge in [-0.3, -0.25) is 4.99 Å². The monoisotopic (exact) mass is 341 g/mol. The molecule has 0 saturated heterocycles. The fourth-order valence-corrected chi connectivity index (χ4v) is 2.28. The first kappa shape index (κ1) is 18.1. The average Bonchev–Trinajstić information content (AvgIpc) is 2.93.